The maximum atomic E-state index is 12.8. The van der Waals surface area contributed by atoms with Crippen molar-refractivity contribution in [2.75, 3.05) is 11.4 Å². The van der Waals surface area contributed by atoms with E-state index in [0.717, 1.165) is 56.2 Å². The van der Waals surface area contributed by atoms with Gasteiger partial charge < -0.3 is 4.90 Å². The van der Waals surface area contributed by atoms with E-state index in [9.17, 15) is 13.2 Å². The van der Waals surface area contributed by atoms with Crippen LogP contribution in [-0.4, -0.2) is 26.9 Å². The van der Waals surface area contributed by atoms with Crippen LogP contribution in [0.15, 0.2) is 23.1 Å². The molecule has 6 heteroatoms. The number of fused-ring (bicyclic) bond motifs is 1. The first-order valence-corrected chi connectivity index (χ1v) is 11.4. The summed E-state index contributed by atoms with van der Waals surface area (Å²) >= 11 is 0. The van der Waals surface area contributed by atoms with Crippen molar-refractivity contribution in [2.45, 2.75) is 69.2 Å². The van der Waals surface area contributed by atoms with Gasteiger partial charge in [0.05, 0.1) is 4.90 Å². The van der Waals surface area contributed by atoms with Crippen molar-refractivity contribution in [1.82, 2.24) is 4.72 Å². The molecular formula is C20H28N2O3S. The Kier molecular flexibility index (Phi) is 4.82. The van der Waals surface area contributed by atoms with Gasteiger partial charge in [-0.2, -0.15) is 0 Å². The first-order valence-electron chi connectivity index (χ1n) is 9.92. The molecule has 1 aromatic carbocycles. The second-order valence-electron chi connectivity index (χ2n) is 8.15. The molecular weight excluding hydrogens is 348 g/mol. The van der Waals surface area contributed by atoms with Crippen LogP contribution in [0.2, 0.25) is 0 Å². The Hall–Kier alpha value is -1.40. The minimum absolute atomic E-state index is 0.0266. The third-order valence-electron chi connectivity index (χ3n) is 6.40. The van der Waals surface area contributed by atoms with Crippen molar-refractivity contribution < 1.29 is 13.2 Å². The molecule has 1 aromatic rings. The predicted octanol–water partition coefficient (Wildman–Crippen LogP) is 3.23. The Balaban J connectivity index is 1.52. The number of hydrogen-bond acceptors (Lipinski definition) is 3. The summed E-state index contributed by atoms with van der Waals surface area (Å²) in [5, 5.41) is 0. The Morgan fingerprint density at radius 1 is 1.12 bits per heavy atom. The second kappa shape index (κ2) is 6.97. The smallest absolute Gasteiger partial charge is 0.240 e. The lowest BCUT2D eigenvalue weighted by atomic mass is 9.84. The van der Waals surface area contributed by atoms with E-state index in [1.807, 2.05) is 11.0 Å². The van der Waals surface area contributed by atoms with Gasteiger partial charge in [-0.1, -0.05) is 26.2 Å². The molecule has 2 unspecified atom stereocenters. The second-order valence-corrected chi connectivity index (χ2v) is 9.86. The van der Waals surface area contributed by atoms with E-state index in [4.69, 9.17) is 0 Å². The van der Waals surface area contributed by atoms with Crippen LogP contribution in [0.25, 0.3) is 0 Å². The molecule has 2 atom stereocenters. The molecule has 1 amide bonds. The van der Waals surface area contributed by atoms with Crippen LogP contribution in [-0.2, 0) is 21.2 Å². The summed E-state index contributed by atoms with van der Waals surface area (Å²) in [5.74, 6) is 0.752. The highest BCUT2D eigenvalue weighted by Gasteiger charge is 2.34. The quantitative estimate of drug-likeness (QED) is 0.877. The molecule has 26 heavy (non-hydrogen) atoms. The summed E-state index contributed by atoms with van der Waals surface area (Å²) in [7, 11) is -3.52. The third kappa shape index (κ3) is 3.29. The van der Waals surface area contributed by atoms with E-state index < -0.39 is 10.0 Å². The maximum Gasteiger partial charge on any atom is 0.240 e. The van der Waals surface area contributed by atoms with Gasteiger partial charge >= 0.3 is 0 Å². The molecule has 4 rings (SSSR count). The minimum Gasteiger partial charge on any atom is -0.312 e. The topological polar surface area (TPSA) is 66.5 Å². The molecule has 0 radical (unpaired) electrons. The van der Waals surface area contributed by atoms with Gasteiger partial charge in [-0.15, -0.1) is 0 Å². The van der Waals surface area contributed by atoms with Crippen molar-refractivity contribution in [3.63, 3.8) is 0 Å². The number of carbonyl (C=O) groups excluding carboxylic acids is 1. The molecule has 1 aliphatic heterocycles. The van der Waals surface area contributed by atoms with Crippen LogP contribution >= 0.6 is 0 Å². The highest BCUT2D eigenvalue weighted by molar-refractivity contribution is 7.89. The molecule has 2 fully saturated rings. The molecule has 2 aliphatic carbocycles. The van der Waals surface area contributed by atoms with Gasteiger partial charge in [0.2, 0.25) is 15.9 Å². The molecule has 1 N–H and O–H groups in total. The number of nitrogens with one attached hydrogen (secondary N) is 1. The number of rotatable bonds is 4. The number of nitrogens with zero attached hydrogens (tertiary/aromatic N) is 1. The summed E-state index contributed by atoms with van der Waals surface area (Å²) in [4.78, 5) is 14.7. The molecule has 0 aromatic heterocycles. The Labute approximate surface area is 156 Å². The van der Waals surface area contributed by atoms with E-state index in [2.05, 4.69) is 11.6 Å². The zero-order valence-corrected chi connectivity index (χ0v) is 16.2. The Morgan fingerprint density at radius 3 is 2.58 bits per heavy atom. The fourth-order valence-electron chi connectivity index (χ4n) is 4.41. The van der Waals surface area contributed by atoms with Crippen molar-refractivity contribution in [3.05, 3.63) is 23.8 Å². The molecule has 1 heterocycles. The van der Waals surface area contributed by atoms with Crippen LogP contribution in [0, 0.1) is 11.8 Å². The average molecular weight is 377 g/mol. The van der Waals surface area contributed by atoms with Gasteiger partial charge in [0.15, 0.2) is 0 Å². The molecule has 3 aliphatic rings. The van der Waals surface area contributed by atoms with E-state index in [1.54, 1.807) is 12.1 Å². The van der Waals surface area contributed by atoms with Gasteiger partial charge in [-0.25, -0.2) is 13.1 Å². The third-order valence-corrected chi connectivity index (χ3v) is 7.88. The lowest BCUT2D eigenvalue weighted by molar-refractivity contribution is -0.124. The lowest BCUT2D eigenvalue weighted by Gasteiger charge is -2.30. The van der Waals surface area contributed by atoms with E-state index in [0.29, 0.717) is 17.4 Å². The van der Waals surface area contributed by atoms with E-state index in [1.165, 1.54) is 6.42 Å². The largest absolute Gasteiger partial charge is 0.312 e. The van der Waals surface area contributed by atoms with Crippen LogP contribution in [0.5, 0.6) is 0 Å². The first-order chi connectivity index (χ1) is 12.5. The van der Waals surface area contributed by atoms with E-state index in [-0.39, 0.29) is 17.9 Å². The van der Waals surface area contributed by atoms with Gasteiger partial charge in [-0.05, 0) is 61.8 Å². The van der Waals surface area contributed by atoms with E-state index >= 15 is 0 Å². The molecule has 0 spiro atoms. The zero-order valence-electron chi connectivity index (χ0n) is 15.4. The Bertz CT molecular complexity index is 801. The first kappa shape index (κ1) is 18.0. The lowest BCUT2D eigenvalue weighted by Crippen LogP contribution is -2.41. The number of sulfonamides is 1. The fraction of sp³-hybridized carbons (Fsp3) is 0.650. The van der Waals surface area contributed by atoms with Crippen molar-refractivity contribution in [2.24, 2.45) is 11.8 Å². The monoisotopic (exact) mass is 376 g/mol. The minimum atomic E-state index is -3.52. The molecule has 5 nitrogen and oxygen atoms in total. The van der Waals surface area contributed by atoms with Gasteiger partial charge in [0.25, 0.3) is 0 Å². The predicted molar refractivity (Wildman–Crippen MR) is 102 cm³/mol. The van der Waals surface area contributed by atoms with Crippen molar-refractivity contribution >= 4 is 21.6 Å². The molecule has 2 saturated carbocycles. The van der Waals surface area contributed by atoms with Crippen LogP contribution in [0.1, 0.15) is 57.4 Å². The summed E-state index contributed by atoms with van der Waals surface area (Å²) in [6.45, 7) is 2.79. The van der Waals surface area contributed by atoms with Gasteiger partial charge in [0, 0.05) is 24.2 Å². The van der Waals surface area contributed by atoms with Crippen LogP contribution < -0.4 is 9.62 Å². The standard InChI is InChI=1S/C20H28N2O3S/c1-14-5-2-3-8-18(14)21-26(24,25)17-9-10-19-16(13-17)11-12-22(19)20(23)15-6-4-7-15/h9-10,13-15,18,21H,2-8,11-12H2,1H3. The SMILES string of the molecule is CC1CCCCC1NS(=O)(=O)c1ccc2c(c1)CCN2C(=O)C1CCC1. The summed E-state index contributed by atoms with van der Waals surface area (Å²) < 4.78 is 28.6. The van der Waals surface area contributed by atoms with Gasteiger partial charge in [-0.3, -0.25) is 4.79 Å². The number of benzene rings is 1. The zero-order chi connectivity index (χ0) is 18.3. The summed E-state index contributed by atoms with van der Waals surface area (Å²) in [6, 6.07) is 5.26. The molecule has 142 valence electrons. The van der Waals surface area contributed by atoms with Crippen LogP contribution in [0.4, 0.5) is 5.69 Å². The number of anilines is 1. The molecule has 0 saturated heterocycles. The number of amides is 1. The molecule has 0 bridgehead atoms. The van der Waals surface area contributed by atoms with Crippen molar-refractivity contribution in [1.29, 1.82) is 0 Å². The maximum absolute atomic E-state index is 12.8. The van der Waals surface area contributed by atoms with Crippen molar-refractivity contribution in [3.8, 4) is 0 Å². The summed E-state index contributed by atoms with van der Waals surface area (Å²) in [5.41, 5.74) is 1.86. The summed E-state index contributed by atoms with van der Waals surface area (Å²) in [6.07, 6.45) is 8.10. The normalized spacial score (nSPS) is 26.4. The number of carbonyl (C=O) groups is 1. The highest BCUT2D eigenvalue weighted by atomic mass is 32.2. The Morgan fingerprint density at radius 2 is 1.88 bits per heavy atom. The highest BCUT2D eigenvalue weighted by Crippen LogP contribution is 2.35. The fourth-order valence-corrected chi connectivity index (χ4v) is 5.84. The number of hydrogen-bond donors (Lipinski definition) is 1. The van der Waals surface area contributed by atoms with Gasteiger partial charge in [0.1, 0.15) is 0 Å². The van der Waals surface area contributed by atoms with Crippen LogP contribution in [0.3, 0.4) is 0 Å². The average Bonchev–Trinajstić information content (AvgIpc) is 2.98.